The molecular formula is C16H18I2N2O3S. The van der Waals surface area contributed by atoms with Crippen LogP contribution in [0.4, 0.5) is 5.69 Å². The SMILES string of the molecule is CN(C)CCOc1cc(NS(=O)(=O)c2ccc(I)cc2)ccc1I. The molecule has 0 radical (unpaired) electrons. The molecule has 0 saturated carbocycles. The van der Waals surface area contributed by atoms with E-state index in [2.05, 4.69) is 49.9 Å². The zero-order chi connectivity index (χ0) is 17.7. The van der Waals surface area contributed by atoms with Gasteiger partial charge in [-0.05, 0) is 95.7 Å². The molecule has 0 aromatic heterocycles. The molecule has 2 rings (SSSR count). The maximum absolute atomic E-state index is 12.4. The molecule has 0 saturated heterocycles. The van der Waals surface area contributed by atoms with Crippen molar-refractivity contribution in [3.8, 4) is 5.75 Å². The van der Waals surface area contributed by atoms with Gasteiger partial charge in [-0.2, -0.15) is 0 Å². The van der Waals surface area contributed by atoms with E-state index in [4.69, 9.17) is 4.74 Å². The Balaban J connectivity index is 2.15. The zero-order valence-electron chi connectivity index (χ0n) is 13.3. The Kier molecular flexibility index (Phi) is 7.13. The molecule has 0 heterocycles. The minimum absolute atomic E-state index is 0.233. The number of benzene rings is 2. The highest BCUT2D eigenvalue weighted by Crippen LogP contribution is 2.26. The van der Waals surface area contributed by atoms with Crippen LogP contribution in [0.3, 0.4) is 0 Å². The molecule has 1 N–H and O–H groups in total. The van der Waals surface area contributed by atoms with Gasteiger partial charge in [0.1, 0.15) is 12.4 Å². The summed E-state index contributed by atoms with van der Waals surface area (Å²) in [5.74, 6) is 0.667. The van der Waals surface area contributed by atoms with E-state index in [1.165, 1.54) is 0 Å². The summed E-state index contributed by atoms with van der Waals surface area (Å²) in [6, 6.07) is 12.0. The van der Waals surface area contributed by atoms with Crippen molar-refractivity contribution in [1.29, 1.82) is 0 Å². The largest absolute Gasteiger partial charge is 0.491 e. The summed E-state index contributed by atoms with van der Waals surface area (Å²) in [5.41, 5.74) is 0.480. The molecule has 24 heavy (non-hydrogen) atoms. The van der Waals surface area contributed by atoms with Crippen LogP contribution < -0.4 is 9.46 Å². The molecule has 0 aliphatic rings. The van der Waals surface area contributed by atoms with E-state index in [-0.39, 0.29) is 4.90 Å². The summed E-state index contributed by atoms with van der Waals surface area (Å²) in [6.07, 6.45) is 0. The molecule has 0 aliphatic heterocycles. The first kappa shape index (κ1) is 19.7. The number of hydrogen-bond donors (Lipinski definition) is 1. The highest BCUT2D eigenvalue weighted by atomic mass is 127. The minimum Gasteiger partial charge on any atom is -0.491 e. The number of hydrogen-bond acceptors (Lipinski definition) is 4. The van der Waals surface area contributed by atoms with Crippen molar-refractivity contribution >= 4 is 60.9 Å². The molecule has 0 bridgehead atoms. The van der Waals surface area contributed by atoms with E-state index in [1.54, 1.807) is 36.4 Å². The first-order chi connectivity index (χ1) is 11.3. The first-order valence-electron chi connectivity index (χ1n) is 7.13. The quantitative estimate of drug-likeness (QED) is 0.516. The van der Waals surface area contributed by atoms with Gasteiger partial charge in [0.2, 0.25) is 0 Å². The monoisotopic (exact) mass is 572 g/mol. The van der Waals surface area contributed by atoms with Gasteiger partial charge in [-0.3, -0.25) is 4.72 Å². The van der Waals surface area contributed by atoms with Crippen LogP contribution in [0.25, 0.3) is 0 Å². The number of nitrogens with one attached hydrogen (secondary N) is 1. The van der Waals surface area contributed by atoms with Gasteiger partial charge in [-0.15, -0.1) is 0 Å². The third-order valence-corrected chi connectivity index (χ3v) is 6.11. The number of sulfonamides is 1. The Bertz CT molecular complexity index is 793. The lowest BCUT2D eigenvalue weighted by Crippen LogP contribution is -2.19. The molecule has 0 unspecified atom stereocenters. The van der Waals surface area contributed by atoms with Gasteiger partial charge in [0.05, 0.1) is 14.2 Å². The number of anilines is 1. The van der Waals surface area contributed by atoms with Crippen molar-refractivity contribution < 1.29 is 13.2 Å². The van der Waals surface area contributed by atoms with Crippen LogP contribution in [0.2, 0.25) is 0 Å². The molecule has 0 fully saturated rings. The van der Waals surface area contributed by atoms with Gasteiger partial charge in [-0.1, -0.05) is 0 Å². The summed E-state index contributed by atoms with van der Waals surface area (Å²) in [5, 5.41) is 0. The average Bonchev–Trinajstić information content (AvgIpc) is 2.50. The summed E-state index contributed by atoms with van der Waals surface area (Å²) in [4.78, 5) is 2.26. The molecule has 5 nitrogen and oxygen atoms in total. The maximum Gasteiger partial charge on any atom is 0.261 e. The molecule has 0 amide bonds. The van der Waals surface area contributed by atoms with Crippen LogP contribution in [0.1, 0.15) is 0 Å². The van der Waals surface area contributed by atoms with Gasteiger partial charge < -0.3 is 9.64 Å². The summed E-state index contributed by atoms with van der Waals surface area (Å²) < 4.78 is 35.2. The average molecular weight is 572 g/mol. The van der Waals surface area contributed by atoms with E-state index in [9.17, 15) is 8.42 Å². The molecule has 130 valence electrons. The van der Waals surface area contributed by atoms with E-state index >= 15 is 0 Å². The predicted molar refractivity (Wildman–Crippen MR) is 113 cm³/mol. The van der Waals surface area contributed by atoms with Gasteiger partial charge >= 0.3 is 0 Å². The maximum atomic E-state index is 12.4. The van der Waals surface area contributed by atoms with Crippen LogP contribution in [0, 0.1) is 7.14 Å². The second kappa shape index (κ2) is 8.68. The van der Waals surface area contributed by atoms with Crippen LogP contribution in [-0.4, -0.2) is 40.6 Å². The van der Waals surface area contributed by atoms with Crippen molar-refractivity contribution in [1.82, 2.24) is 4.90 Å². The first-order valence-corrected chi connectivity index (χ1v) is 10.8. The van der Waals surface area contributed by atoms with Crippen LogP contribution in [-0.2, 0) is 10.0 Å². The summed E-state index contributed by atoms with van der Waals surface area (Å²) >= 11 is 4.31. The number of rotatable bonds is 7. The minimum atomic E-state index is -3.61. The Morgan fingerprint density at radius 2 is 1.75 bits per heavy atom. The fourth-order valence-electron chi connectivity index (χ4n) is 1.84. The number of ether oxygens (including phenoxy) is 1. The molecule has 2 aromatic carbocycles. The Labute approximate surface area is 170 Å². The van der Waals surface area contributed by atoms with Gasteiger partial charge in [-0.25, -0.2) is 8.42 Å². The second-order valence-corrected chi connectivity index (χ2v) is 9.45. The number of nitrogens with zero attached hydrogens (tertiary/aromatic N) is 1. The van der Waals surface area contributed by atoms with Crippen molar-refractivity contribution in [2.24, 2.45) is 0 Å². The van der Waals surface area contributed by atoms with Crippen molar-refractivity contribution in [2.75, 3.05) is 32.0 Å². The lowest BCUT2D eigenvalue weighted by molar-refractivity contribution is 0.260. The molecule has 8 heteroatoms. The standard InChI is InChI=1S/C16H18I2N2O3S/c1-20(2)9-10-23-16-11-13(5-8-15(16)18)19-24(21,22)14-6-3-12(17)4-7-14/h3-8,11,19H,9-10H2,1-2H3. The second-order valence-electron chi connectivity index (χ2n) is 5.36. The Morgan fingerprint density at radius 3 is 2.38 bits per heavy atom. The normalized spacial score (nSPS) is 11.5. The third-order valence-electron chi connectivity index (χ3n) is 3.10. The predicted octanol–water partition coefficient (Wildman–Crippen LogP) is 3.64. The van der Waals surface area contributed by atoms with Crippen molar-refractivity contribution in [3.63, 3.8) is 0 Å². The molecule has 0 aliphatic carbocycles. The Morgan fingerprint density at radius 1 is 1.08 bits per heavy atom. The lowest BCUT2D eigenvalue weighted by Gasteiger charge is -2.14. The summed E-state index contributed by atoms with van der Waals surface area (Å²) in [7, 11) is 0.331. The molecule has 2 aromatic rings. The van der Waals surface area contributed by atoms with Crippen molar-refractivity contribution in [3.05, 3.63) is 49.6 Å². The number of likely N-dealkylation sites (N-methyl/N-ethyl adjacent to an activating group) is 1. The third kappa shape index (κ3) is 5.74. The van der Waals surface area contributed by atoms with Crippen LogP contribution in [0.5, 0.6) is 5.75 Å². The topological polar surface area (TPSA) is 58.6 Å². The van der Waals surface area contributed by atoms with Gasteiger partial charge in [0.15, 0.2) is 0 Å². The fraction of sp³-hybridized carbons (Fsp3) is 0.250. The Hall–Kier alpha value is -0.590. The van der Waals surface area contributed by atoms with E-state index in [1.807, 2.05) is 25.1 Å². The van der Waals surface area contributed by atoms with Crippen LogP contribution >= 0.6 is 45.2 Å². The smallest absolute Gasteiger partial charge is 0.261 e. The van der Waals surface area contributed by atoms with E-state index in [0.717, 1.165) is 13.7 Å². The molecule has 0 spiro atoms. The molecular weight excluding hydrogens is 554 g/mol. The highest BCUT2D eigenvalue weighted by Gasteiger charge is 2.15. The van der Waals surface area contributed by atoms with Crippen molar-refractivity contribution in [2.45, 2.75) is 4.90 Å². The van der Waals surface area contributed by atoms with E-state index < -0.39 is 10.0 Å². The lowest BCUT2D eigenvalue weighted by atomic mass is 10.3. The van der Waals surface area contributed by atoms with Crippen LogP contribution in [0.15, 0.2) is 47.4 Å². The fourth-order valence-corrected chi connectivity index (χ4v) is 3.74. The van der Waals surface area contributed by atoms with Gasteiger partial charge in [0, 0.05) is 16.2 Å². The molecule has 0 atom stereocenters. The van der Waals surface area contributed by atoms with E-state index in [0.29, 0.717) is 18.0 Å². The van der Waals surface area contributed by atoms with Gasteiger partial charge in [0.25, 0.3) is 10.0 Å². The summed E-state index contributed by atoms with van der Waals surface area (Å²) in [6.45, 7) is 1.32. The number of halogens is 2. The zero-order valence-corrected chi connectivity index (χ0v) is 18.4. The highest BCUT2D eigenvalue weighted by molar-refractivity contribution is 14.1.